The van der Waals surface area contributed by atoms with E-state index in [2.05, 4.69) is 22.1 Å². The number of carbonyl (C=O) groups is 1. The molecule has 0 unspecified atom stereocenters. The predicted molar refractivity (Wildman–Crippen MR) is 74.4 cm³/mol. The van der Waals surface area contributed by atoms with Crippen LogP contribution in [0.1, 0.15) is 40.0 Å². The Morgan fingerprint density at radius 3 is 2.61 bits per heavy atom. The second kappa shape index (κ2) is 7.24. The third-order valence-corrected chi connectivity index (χ3v) is 3.17. The quantitative estimate of drug-likeness (QED) is 0.579. The van der Waals surface area contributed by atoms with Gasteiger partial charge in [0.15, 0.2) is 5.96 Å². The minimum absolute atomic E-state index is 0.0359. The first kappa shape index (κ1) is 14.8. The summed E-state index contributed by atoms with van der Waals surface area (Å²) in [7, 11) is 0. The monoisotopic (exact) mass is 254 g/mol. The van der Waals surface area contributed by atoms with Crippen molar-refractivity contribution < 1.29 is 4.79 Å². The second-order valence-corrected chi connectivity index (χ2v) is 5.38. The molecule has 1 aliphatic heterocycles. The van der Waals surface area contributed by atoms with Gasteiger partial charge in [-0.1, -0.05) is 6.92 Å². The van der Waals surface area contributed by atoms with Crippen molar-refractivity contribution in [3.05, 3.63) is 0 Å². The van der Waals surface area contributed by atoms with Crippen LogP contribution in [-0.2, 0) is 4.79 Å². The Labute approximate surface area is 110 Å². The highest BCUT2D eigenvalue weighted by Crippen LogP contribution is 2.15. The Morgan fingerprint density at radius 2 is 2.06 bits per heavy atom. The standard InChI is InChI=1S/C13H26N4O/c1-10(2)16-12(18)4-7-15-13(14)17-8-5-11(3)6-9-17/h10-11H,4-9H2,1-3H3,(H2,14,15)(H,16,18). The minimum Gasteiger partial charge on any atom is -0.370 e. The maximum atomic E-state index is 11.4. The zero-order valence-electron chi connectivity index (χ0n) is 11.8. The Bertz CT molecular complexity index is 293. The molecule has 1 aliphatic rings. The van der Waals surface area contributed by atoms with Crippen molar-refractivity contribution in [1.82, 2.24) is 10.2 Å². The predicted octanol–water partition coefficient (Wildman–Crippen LogP) is 0.948. The van der Waals surface area contributed by atoms with E-state index in [1.54, 1.807) is 0 Å². The van der Waals surface area contributed by atoms with Gasteiger partial charge in [-0.05, 0) is 32.6 Å². The topological polar surface area (TPSA) is 70.7 Å². The molecule has 1 fully saturated rings. The van der Waals surface area contributed by atoms with E-state index in [1.165, 1.54) is 12.8 Å². The summed E-state index contributed by atoms with van der Waals surface area (Å²) in [5.74, 6) is 1.40. The first-order chi connectivity index (χ1) is 8.49. The molecule has 0 spiro atoms. The van der Waals surface area contributed by atoms with Crippen LogP contribution in [0.4, 0.5) is 0 Å². The van der Waals surface area contributed by atoms with E-state index in [-0.39, 0.29) is 11.9 Å². The highest BCUT2D eigenvalue weighted by molar-refractivity contribution is 5.79. The van der Waals surface area contributed by atoms with Crippen molar-refractivity contribution in [1.29, 1.82) is 0 Å². The van der Waals surface area contributed by atoms with E-state index in [4.69, 9.17) is 5.73 Å². The first-order valence-corrected chi connectivity index (χ1v) is 6.83. The third-order valence-electron chi connectivity index (χ3n) is 3.17. The van der Waals surface area contributed by atoms with Crippen LogP contribution in [0.3, 0.4) is 0 Å². The maximum absolute atomic E-state index is 11.4. The van der Waals surface area contributed by atoms with Gasteiger partial charge < -0.3 is 16.0 Å². The average Bonchev–Trinajstić information content (AvgIpc) is 2.28. The number of nitrogens with zero attached hydrogens (tertiary/aromatic N) is 2. The van der Waals surface area contributed by atoms with Crippen LogP contribution in [0.15, 0.2) is 4.99 Å². The van der Waals surface area contributed by atoms with E-state index in [9.17, 15) is 4.79 Å². The number of aliphatic imine (C=N–C) groups is 1. The molecule has 0 radical (unpaired) electrons. The molecule has 1 saturated heterocycles. The molecule has 0 aromatic carbocycles. The van der Waals surface area contributed by atoms with Crippen molar-refractivity contribution in [2.45, 2.75) is 46.1 Å². The number of carbonyl (C=O) groups excluding carboxylic acids is 1. The van der Waals surface area contributed by atoms with Crippen molar-refractivity contribution in [2.24, 2.45) is 16.6 Å². The maximum Gasteiger partial charge on any atom is 0.222 e. The summed E-state index contributed by atoms with van der Waals surface area (Å²) in [5, 5.41) is 2.84. The fourth-order valence-corrected chi connectivity index (χ4v) is 2.00. The molecule has 104 valence electrons. The van der Waals surface area contributed by atoms with Gasteiger partial charge in [-0.25, -0.2) is 0 Å². The van der Waals surface area contributed by atoms with Crippen LogP contribution in [0.5, 0.6) is 0 Å². The van der Waals surface area contributed by atoms with Crippen LogP contribution in [0.2, 0.25) is 0 Å². The summed E-state index contributed by atoms with van der Waals surface area (Å²) < 4.78 is 0. The van der Waals surface area contributed by atoms with E-state index in [1.807, 2.05) is 13.8 Å². The van der Waals surface area contributed by atoms with Crippen LogP contribution < -0.4 is 11.1 Å². The molecule has 1 heterocycles. The fraction of sp³-hybridized carbons (Fsp3) is 0.846. The number of amides is 1. The first-order valence-electron chi connectivity index (χ1n) is 6.83. The average molecular weight is 254 g/mol. The van der Waals surface area contributed by atoms with Crippen molar-refractivity contribution in [3.8, 4) is 0 Å². The van der Waals surface area contributed by atoms with E-state index >= 15 is 0 Å². The number of guanidine groups is 1. The Kier molecular flexibility index (Phi) is 5.95. The molecule has 0 bridgehead atoms. The van der Waals surface area contributed by atoms with Crippen LogP contribution in [0.25, 0.3) is 0 Å². The number of nitrogens with two attached hydrogens (primary N) is 1. The van der Waals surface area contributed by atoms with Gasteiger partial charge in [0.25, 0.3) is 0 Å². The van der Waals surface area contributed by atoms with Crippen LogP contribution in [-0.4, -0.2) is 42.4 Å². The van der Waals surface area contributed by atoms with Crippen LogP contribution in [0, 0.1) is 5.92 Å². The molecule has 0 aliphatic carbocycles. The summed E-state index contributed by atoms with van der Waals surface area (Å²) in [6.45, 7) is 8.59. The SMILES string of the molecule is CC1CCN(C(N)=NCCC(=O)NC(C)C)CC1. The zero-order valence-corrected chi connectivity index (χ0v) is 11.8. The van der Waals surface area contributed by atoms with Gasteiger partial charge in [-0.15, -0.1) is 0 Å². The molecule has 5 heteroatoms. The molecule has 5 nitrogen and oxygen atoms in total. The molecule has 1 amide bonds. The van der Waals surface area contributed by atoms with Gasteiger partial charge in [0.05, 0.1) is 6.54 Å². The highest BCUT2D eigenvalue weighted by Gasteiger charge is 2.16. The van der Waals surface area contributed by atoms with Gasteiger partial charge in [0.1, 0.15) is 0 Å². The molecule has 0 saturated carbocycles. The number of rotatable bonds is 4. The van der Waals surface area contributed by atoms with Gasteiger partial charge >= 0.3 is 0 Å². The molecule has 0 aromatic heterocycles. The van der Waals surface area contributed by atoms with E-state index in [0.29, 0.717) is 18.9 Å². The lowest BCUT2D eigenvalue weighted by Crippen LogP contribution is -2.42. The lowest BCUT2D eigenvalue weighted by molar-refractivity contribution is -0.121. The van der Waals surface area contributed by atoms with Gasteiger partial charge in [-0.3, -0.25) is 9.79 Å². The Hall–Kier alpha value is -1.26. The minimum atomic E-state index is 0.0359. The summed E-state index contributed by atoms with van der Waals surface area (Å²) in [5.41, 5.74) is 5.93. The number of hydrogen-bond donors (Lipinski definition) is 2. The normalized spacial score (nSPS) is 18.2. The number of likely N-dealkylation sites (tertiary alicyclic amines) is 1. The smallest absolute Gasteiger partial charge is 0.222 e. The van der Waals surface area contributed by atoms with Crippen molar-refractivity contribution >= 4 is 11.9 Å². The molecular formula is C13H26N4O. The molecule has 1 rings (SSSR count). The van der Waals surface area contributed by atoms with Crippen molar-refractivity contribution in [3.63, 3.8) is 0 Å². The summed E-state index contributed by atoms with van der Waals surface area (Å²) >= 11 is 0. The molecular weight excluding hydrogens is 228 g/mol. The number of piperidine rings is 1. The Morgan fingerprint density at radius 1 is 1.44 bits per heavy atom. The van der Waals surface area contributed by atoms with Crippen LogP contribution >= 0.6 is 0 Å². The molecule has 18 heavy (non-hydrogen) atoms. The van der Waals surface area contributed by atoms with E-state index < -0.39 is 0 Å². The summed E-state index contributed by atoms with van der Waals surface area (Å²) in [6.07, 6.45) is 2.75. The van der Waals surface area contributed by atoms with Gasteiger partial charge in [0.2, 0.25) is 5.91 Å². The lowest BCUT2D eigenvalue weighted by Gasteiger charge is -2.31. The van der Waals surface area contributed by atoms with Gasteiger partial charge in [-0.2, -0.15) is 0 Å². The summed E-state index contributed by atoms with van der Waals surface area (Å²) in [4.78, 5) is 17.8. The molecule has 0 atom stereocenters. The number of hydrogen-bond acceptors (Lipinski definition) is 2. The fourth-order valence-electron chi connectivity index (χ4n) is 2.00. The Balaban J connectivity index is 2.27. The largest absolute Gasteiger partial charge is 0.370 e. The molecule has 0 aromatic rings. The lowest BCUT2D eigenvalue weighted by atomic mass is 10.00. The third kappa shape index (κ3) is 5.38. The van der Waals surface area contributed by atoms with E-state index in [0.717, 1.165) is 19.0 Å². The molecule has 3 N–H and O–H groups in total. The van der Waals surface area contributed by atoms with Gasteiger partial charge in [0, 0.05) is 25.6 Å². The number of nitrogens with one attached hydrogen (secondary N) is 1. The van der Waals surface area contributed by atoms with Crippen molar-refractivity contribution in [2.75, 3.05) is 19.6 Å². The second-order valence-electron chi connectivity index (χ2n) is 5.38. The zero-order chi connectivity index (χ0) is 13.5. The summed E-state index contributed by atoms with van der Waals surface area (Å²) in [6, 6.07) is 0.183. The highest BCUT2D eigenvalue weighted by atomic mass is 16.1.